The largest absolute Gasteiger partial charge is 0.491 e. The van der Waals surface area contributed by atoms with Gasteiger partial charge in [-0.1, -0.05) is 32.8 Å². The van der Waals surface area contributed by atoms with E-state index < -0.39 is 47.6 Å². The highest BCUT2D eigenvalue weighted by Gasteiger charge is 2.42. The summed E-state index contributed by atoms with van der Waals surface area (Å²) in [5, 5.41) is 7.53. The minimum absolute atomic E-state index is 0.123. The number of rotatable bonds is 14. The van der Waals surface area contributed by atoms with Gasteiger partial charge in [-0.25, -0.2) is 9.59 Å². The van der Waals surface area contributed by atoms with Crippen molar-refractivity contribution in [3.63, 3.8) is 0 Å². The molecule has 0 saturated heterocycles. The van der Waals surface area contributed by atoms with Gasteiger partial charge in [0.1, 0.15) is 18.3 Å². The number of allylic oxidation sites excluding steroid dienone is 1. The van der Waals surface area contributed by atoms with E-state index in [2.05, 4.69) is 20.7 Å². The molecule has 0 aliphatic carbocycles. The number of pyridine rings is 1. The molecule has 222 valence electrons. The lowest BCUT2D eigenvalue weighted by atomic mass is 10.0. The van der Waals surface area contributed by atoms with Gasteiger partial charge in [0.25, 0.3) is 5.56 Å². The zero-order valence-electron chi connectivity index (χ0n) is 22.4. The van der Waals surface area contributed by atoms with Crippen LogP contribution in [0.25, 0.3) is 0 Å². The molecule has 12 nitrogen and oxygen atoms in total. The van der Waals surface area contributed by atoms with Gasteiger partial charge in [-0.15, -0.1) is 0 Å². The first-order valence-corrected chi connectivity index (χ1v) is 12.5. The van der Waals surface area contributed by atoms with E-state index in [1.807, 2.05) is 13.8 Å². The fourth-order valence-electron chi connectivity index (χ4n) is 3.22. The number of hydrogen-bond acceptors (Lipinski definition) is 8. The predicted molar refractivity (Wildman–Crippen MR) is 138 cm³/mol. The molecule has 0 aromatic carbocycles. The zero-order chi connectivity index (χ0) is 30.5. The summed E-state index contributed by atoms with van der Waals surface area (Å²) in [5.41, 5.74) is 4.68. The summed E-state index contributed by atoms with van der Waals surface area (Å²) >= 11 is 0. The highest BCUT2D eigenvalue weighted by atomic mass is 19.4. The number of aromatic nitrogens is 1. The van der Waals surface area contributed by atoms with Crippen molar-refractivity contribution >= 4 is 35.3 Å². The first-order valence-electron chi connectivity index (χ1n) is 12.5. The molecule has 3 amide bonds. The summed E-state index contributed by atoms with van der Waals surface area (Å²) in [6.07, 6.45) is -0.882. The number of esters is 2. The van der Waals surface area contributed by atoms with Crippen LogP contribution in [0.3, 0.4) is 0 Å². The van der Waals surface area contributed by atoms with E-state index >= 15 is 0 Å². The Hall–Kier alpha value is -4.01. The first kappa shape index (κ1) is 34.0. The number of halogens is 3. The Morgan fingerprint density at radius 1 is 1.12 bits per heavy atom. The maximum absolute atomic E-state index is 12.9. The van der Waals surface area contributed by atoms with Crippen LogP contribution in [-0.2, 0) is 35.3 Å². The number of carbonyl (C=O) groups excluding carboxylic acids is 5. The van der Waals surface area contributed by atoms with Crippen molar-refractivity contribution in [2.24, 2.45) is 11.7 Å². The second kappa shape index (κ2) is 16.2. The highest BCUT2D eigenvalue weighted by molar-refractivity contribution is 5.97. The second-order valence-corrected chi connectivity index (χ2v) is 8.87. The van der Waals surface area contributed by atoms with Crippen molar-refractivity contribution in [3.05, 3.63) is 40.8 Å². The summed E-state index contributed by atoms with van der Waals surface area (Å²) in [6.45, 7) is 5.55. The van der Waals surface area contributed by atoms with Crippen LogP contribution in [0.1, 0.15) is 46.5 Å². The standard InChI is InChI=1S/C25H34F3N5O7/c1-4-16(5-2)13-30-19(34)14-33-12-8-10-18(23(33)38)32-22(37)17(31-21(36)15(3)29)9-6-7-11-20(35)40-24(39)25(26,27)28/h7-8,10-12,15-17H,4-6,9,13-14,29H2,1-3H3,(H,30,34)(H,31,36)(H,32,37). The van der Waals surface area contributed by atoms with Gasteiger partial charge < -0.3 is 31.0 Å². The average Bonchev–Trinajstić information content (AvgIpc) is 2.87. The third-order valence-electron chi connectivity index (χ3n) is 5.68. The quantitative estimate of drug-likeness (QED) is 0.145. The lowest BCUT2D eigenvalue weighted by molar-refractivity contribution is -0.200. The van der Waals surface area contributed by atoms with Gasteiger partial charge in [0, 0.05) is 18.8 Å². The van der Waals surface area contributed by atoms with E-state index in [1.54, 1.807) is 0 Å². The molecule has 0 aliphatic heterocycles. The molecule has 1 aromatic heterocycles. The lowest BCUT2D eigenvalue weighted by Crippen LogP contribution is -2.49. The van der Waals surface area contributed by atoms with Crippen molar-refractivity contribution in [2.75, 3.05) is 11.9 Å². The summed E-state index contributed by atoms with van der Waals surface area (Å²) in [5.74, 6) is -5.87. The molecule has 5 N–H and O–H groups in total. The van der Waals surface area contributed by atoms with Crippen LogP contribution in [0.5, 0.6) is 0 Å². The number of anilines is 1. The molecule has 15 heteroatoms. The summed E-state index contributed by atoms with van der Waals surface area (Å²) in [4.78, 5) is 72.2. The average molecular weight is 574 g/mol. The van der Waals surface area contributed by atoms with E-state index in [9.17, 15) is 41.9 Å². The van der Waals surface area contributed by atoms with Crippen molar-refractivity contribution in [1.82, 2.24) is 15.2 Å². The lowest BCUT2D eigenvalue weighted by Gasteiger charge is -2.19. The Morgan fingerprint density at radius 3 is 2.35 bits per heavy atom. The van der Waals surface area contributed by atoms with E-state index in [4.69, 9.17) is 5.73 Å². The third-order valence-corrected chi connectivity index (χ3v) is 5.68. The molecule has 0 aliphatic rings. The Morgan fingerprint density at radius 2 is 1.77 bits per heavy atom. The van der Waals surface area contributed by atoms with Crippen molar-refractivity contribution in [1.29, 1.82) is 0 Å². The van der Waals surface area contributed by atoms with Crippen LogP contribution in [0.2, 0.25) is 0 Å². The van der Waals surface area contributed by atoms with Gasteiger partial charge in [0.15, 0.2) is 0 Å². The topological polar surface area (TPSA) is 179 Å². The molecule has 0 radical (unpaired) electrons. The number of alkyl halides is 3. The SMILES string of the molecule is CCC(CC)CNC(=O)Cn1cccc(NC(=O)C(CCC=CC(=O)OC(=O)C(F)(F)F)NC(=O)C(C)N)c1=O. The number of nitrogens with zero attached hydrogens (tertiary/aromatic N) is 1. The van der Waals surface area contributed by atoms with Crippen LogP contribution in [0, 0.1) is 5.92 Å². The molecule has 0 bridgehead atoms. The van der Waals surface area contributed by atoms with E-state index in [0.717, 1.165) is 23.5 Å². The van der Waals surface area contributed by atoms with Crippen LogP contribution in [-0.4, -0.2) is 59.0 Å². The van der Waals surface area contributed by atoms with Crippen LogP contribution in [0.15, 0.2) is 35.3 Å². The molecular weight excluding hydrogens is 539 g/mol. The molecule has 0 fully saturated rings. The number of amides is 3. The fourth-order valence-corrected chi connectivity index (χ4v) is 3.22. The van der Waals surface area contributed by atoms with Gasteiger partial charge >= 0.3 is 18.1 Å². The molecule has 2 atom stereocenters. The smallest absolute Gasteiger partial charge is 0.383 e. The predicted octanol–water partition coefficient (Wildman–Crippen LogP) is 1.14. The van der Waals surface area contributed by atoms with E-state index in [1.165, 1.54) is 25.3 Å². The van der Waals surface area contributed by atoms with Gasteiger partial charge in [0.05, 0.1) is 6.04 Å². The van der Waals surface area contributed by atoms with Crippen molar-refractivity contribution < 1.29 is 41.9 Å². The monoisotopic (exact) mass is 573 g/mol. The molecule has 2 unspecified atom stereocenters. The number of carbonyl (C=O) groups is 5. The van der Waals surface area contributed by atoms with Crippen molar-refractivity contribution in [3.8, 4) is 0 Å². The molecule has 1 aromatic rings. The third kappa shape index (κ3) is 11.8. The highest BCUT2D eigenvalue weighted by Crippen LogP contribution is 2.16. The van der Waals surface area contributed by atoms with Gasteiger partial charge in [-0.3, -0.25) is 19.2 Å². The maximum atomic E-state index is 12.9. The van der Waals surface area contributed by atoms with Gasteiger partial charge in [0.2, 0.25) is 17.7 Å². The van der Waals surface area contributed by atoms with Gasteiger partial charge in [-0.2, -0.15) is 13.2 Å². The Labute approximate surface area is 228 Å². The molecule has 1 heterocycles. The number of nitrogens with one attached hydrogen (secondary N) is 3. The Kier molecular flexibility index (Phi) is 13.8. The minimum Gasteiger partial charge on any atom is -0.383 e. The fraction of sp³-hybridized carbons (Fsp3) is 0.520. The first-order chi connectivity index (χ1) is 18.7. The van der Waals surface area contributed by atoms with E-state index in [0.29, 0.717) is 18.5 Å². The maximum Gasteiger partial charge on any atom is 0.491 e. The normalized spacial score (nSPS) is 13.0. The molecule has 1 rings (SSSR count). The Bertz CT molecular complexity index is 1140. The molecule has 0 saturated carbocycles. The number of hydrogen-bond donors (Lipinski definition) is 4. The molecular formula is C25H34F3N5O7. The summed E-state index contributed by atoms with van der Waals surface area (Å²) < 4.78 is 41.2. The number of nitrogens with two attached hydrogens (primary N) is 1. The van der Waals surface area contributed by atoms with E-state index in [-0.39, 0.29) is 31.0 Å². The van der Waals surface area contributed by atoms with Crippen LogP contribution >= 0.6 is 0 Å². The Balaban J connectivity index is 2.91. The zero-order valence-corrected chi connectivity index (χ0v) is 22.4. The molecule has 40 heavy (non-hydrogen) atoms. The summed E-state index contributed by atoms with van der Waals surface area (Å²) in [7, 11) is 0. The van der Waals surface area contributed by atoms with Gasteiger partial charge in [-0.05, 0) is 37.8 Å². The second-order valence-electron chi connectivity index (χ2n) is 8.87. The van der Waals surface area contributed by atoms with Crippen LogP contribution in [0.4, 0.5) is 18.9 Å². The molecule has 0 spiro atoms. The van der Waals surface area contributed by atoms with Crippen molar-refractivity contribution in [2.45, 2.75) is 71.3 Å². The number of ether oxygens (including phenoxy) is 1. The summed E-state index contributed by atoms with van der Waals surface area (Å²) in [6, 6.07) is 0.475. The minimum atomic E-state index is -5.34. The van der Waals surface area contributed by atoms with Crippen LogP contribution < -0.4 is 27.2 Å².